The smallest absolute Gasteiger partial charge is 0.227 e. The Bertz CT molecular complexity index is 744. The number of carbonyl (C=O) groups is 1. The van der Waals surface area contributed by atoms with Crippen molar-refractivity contribution in [1.29, 1.82) is 0 Å². The standard InChI is InChI=1S/C22H29N3O/c1-23-12-5-8-20(23)17-24-13-9-22(10-14-24)11-15-25(18-22)21(26)16-19-6-3-2-4-7-19/h2-8,12H,9-11,13-18H2,1H3. The molecule has 0 bridgehead atoms. The Kier molecular flexibility index (Phi) is 4.86. The molecular weight excluding hydrogens is 322 g/mol. The summed E-state index contributed by atoms with van der Waals surface area (Å²) in [7, 11) is 2.12. The molecule has 0 saturated carbocycles. The minimum atomic E-state index is 0.291. The van der Waals surface area contributed by atoms with Crippen molar-refractivity contribution in [3.8, 4) is 0 Å². The van der Waals surface area contributed by atoms with Gasteiger partial charge in [-0.1, -0.05) is 30.3 Å². The number of benzene rings is 1. The highest BCUT2D eigenvalue weighted by Gasteiger charge is 2.41. The monoisotopic (exact) mass is 351 g/mol. The summed E-state index contributed by atoms with van der Waals surface area (Å²) in [5, 5.41) is 0. The first-order chi connectivity index (χ1) is 12.6. The first-order valence-electron chi connectivity index (χ1n) is 9.78. The van der Waals surface area contributed by atoms with Gasteiger partial charge >= 0.3 is 0 Å². The van der Waals surface area contributed by atoms with Crippen LogP contribution in [0.15, 0.2) is 48.7 Å². The number of nitrogens with zero attached hydrogens (tertiary/aromatic N) is 3. The third-order valence-electron chi connectivity index (χ3n) is 6.34. The molecule has 2 aromatic rings. The van der Waals surface area contributed by atoms with E-state index in [1.807, 2.05) is 30.3 Å². The van der Waals surface area contributed by atoms with Gasteiger partial charge in [0.1, 0.15) is 0 Å². The number of hydrogen-bond donors (Lipinski definition) is 0. The molecule has 0 atom stereocenters. The molecule has 4 nitrogen and oxygen atoms in total. The van der Waals surface area contributed by atoms with E-state index in [4.69, 9.17) is 0 Å². The quantitative estimate of drug-likeness (QED) is 0.847. The fraction of sp³-hybridized carbons (Fsp3) is 0.500. The molecule has 1 amide bonds. The second kappa shape index (κ2) is 7.28. The van der Waals surface area contributed by atoms with Crippen molar-refractivity contribution < 1.29 is 4.79 Å². The van der Waals surface area contributed by atoms with E-state index in [2.05, 4.69) is 39.7 Å². The Morgan fingerprint density at radius 2 is 1.73 bits per heavy atom. The van der Waals surface area contributed by atoms with Crippen molar-refractivity contribution in [2.75, 3.05) is 26.2 Å². The number of hydrogen-bond acceptors (Lipinski definition) is 2. The third-order valence-corrected chi connectivity index (χ3v) is 6.34. The Morgan fingerprint density at radius 1 is 1.00 bits per heavy atom. The number of piperidine rings is 1. The molecule has 1 spiro atoms. The molecule has 1 aromatic carbocycles. The van der Waals surface area contributed by atoms with Gasteiger partial charge in [-0.05, 0) is 55.5 Å². The highest BCUT2D eigenvalue weighted by atomic mass is 16.2. The largest absolute Gasteiger partial charge is 0.353 e. The molecule has 4 heteroatoms. The number of aromatic nitrogens is 1. The van der Waals surface area contributed by atoms with Gasteiger partial charge in [0.25, 0.3) is 0 Å². The second-order valence-corrected chi connectivity index (χ2v) is 8.11. The van der Waals surface area contributed by atoms with Gasteiger partial charge in [0.2, 0.25) is 5.91 Å². The van der Waals surface area contributed by atoms with Crippen LogP contribution in [0.2, 0.25) is 0 Å². The van der Waals surface area contributed by atoms with Gasteiger partial charge in [0.05, 0.1) is 6.42 Å². The summed E-state index contributed by atoms with van der Waals surface area (Å²) >= 11 is 0. The molecule has 4 rings (SSSR count). The molecule has 3 heterocycles. The van der Waals surface area contributed by atoms with E-state index < -0.39 is 0 Å². The lowest BCUT2D eigenvalue weighted by Gasteiger charge is -2.39. The van der Waals surface area contributed by atoms with E-state index in [0.717, 1.165) is 38.3 Å². The predicted octanol–water partition coefficient (Wildman–Crippen LogP) is 3.08. The van der Waals surface area contributed by atoms with Gasteiger partial charge in [0, 0.05) is 38.6 Å². The zero-order valence-electron chi connectivity index (χ0n) is 15.7. The van der Waals surface area contributed by atoms with Crippen LogP contribution >= 0.6 is 0 Å². The van der Waals surface area contributed by atoms with Crippen LogP contribution in [0.25, 0.3) is 0 Å². The lowest BCUT2D eigenvalue weighted by Crippen LogP contribution is -2.42. The Morgan fingerprint density at radius 3 is 2.42 bits per heavy atom. The number of aryl methyl sites for hydroxylation is 1. The van der Waals surface area contributed by atoms with Crippen molar-refractivity contribution in [1.82, 2.24) is 14.4 Å². The van der Waals surface area contributed by atoms with Crippen LogP contribution in [0.5, 0.6) is 0 Å². The van der Waals surface area contributed by atoms with E-state index in [0.29, 0.717) is 17.7 Å². The molecule has 0 radical (unpaired) electrons. The van der Waals surface area contributed by atoms with E-state index >= 15 is 0 Å². The topological polar surface area (TPSA) is 28.5 Å². The minimum Gasteiger partial charge on any atom is -0.353 e. The van der Waals surface area contributed by atoms with Gasteiger partial charge in [-0.3, -0.25) is 9.69 Å². The van der Waals surface area contributed by atoms with Crippen LogP contribution in [0.3, 0.4) is 0 Å². The van der Waals surface area contributed by atoms with E-state index in [-0.39, 0.29) is 0 Å². The molecule has 2 fully saturated rings. The van der Waals surface area contributed by atoms with Crippen LogP contribution in [0.4, 0.5) is 0 Å². The van der Waals surface area contributed by atoms with Gasteiger partial charge in [0.15, 0.2) is 0 Å². The summed E-state index contributed by atoms with van der Waals surface area (Å²) in [5.41, 5.74) is 2.86. The lowest BCUT2D eigenvalue weighted by molar-refractivity contribution is -0.130. The zero-order chi connectivity index (χ0) is 18.0. The molecule has 26 heavy (non-hydrogen) atoms. The van der Waals surface area contributed by atoms with Crippen LogP contribution in [0, 0.1) is 5.41 Å². The molecule has 2 aliphatic rings. The Hall–Kier alpha value is -2.07. The highest BCUT2D eigenvalue weighted by molar-refractivity contribution is 5.79. The van der Waals surface area contributed by atoms with Crippen LogP contribution in [-0.4, -0.2) is 46.5 Å². The number of carbonyl (C=O) groups excluding carboxylic acids is 1. The number of rotatable bonds is 4. The summed E-state index contributed by atoms with van der Waals surface area (Å²) in [6, 6.07) is 14.4. The maximum atomic E-state index is 12.7. The van der Waals surface area contributed by atoms with Crippen molar-refractivity contribution in [3.63, 3.8) is 0 Å². The maximum absolute atomic E-state index is 12.7. The van der Waals surface area contributed by atoms with Crippen molar-refractivity contribution in [3.05, 3.63) is 59.9 Å². The van der Waals surface area contributed by atoms with Crippen LogP contribution in [-0.2, 0) is 24.8 Å². The Labute approximate surface area is 156 Å². The van der Waals surface area contributed by atoms with Gasteiger partial charge in [-0.15, -0.1) is 0 Å². The van der Waals surface area contributed by atoms with E-state index in [1.54, 1.807) is 0 Å². The molecule has 0 aliphatic carbocycles. The van der Waals surface area contributed by atoms with Crippen molar-refractivity contribution >= 4 is 5.91 Å². The van der Waals surface area contributed by atoms with Crippen LogP contribution < -0.4 is 0 Å². The highest BCUT2D eigenvalue weighted by Crippen LogP contribution is 2.40. The molecule has 0 N–H and O–H groups in total. The molecule has 2 saturated heterocycles. The minimum absolute atomic E-state index is 0.291. The fourth-order valence-electron chi connectivity index (χ4n) is 4.51. The average Bonchev–Trinajstić information content (AvgIpc) is 3.25. The molecule has 1 aromatic heterocycles. The fourth-order valence-corrected chi connectivity index (χ4v) is 4.51. The molecular formula is C22H29N3O. The average molecular weight is 351 g/mol. The summed E-state index contributed by atoms with van der Waals surface area (Å²) in [4.78, 5) is 17.3. The van der Waals surface area contributed by atoms with Crippen molar-refractivity contribution in [2.24, 2.45) is 12.5 Å². The van der Waals surface area contributed by atoms with E-state index in [1.165, 1.54) is 25.0 Å². The lowest BCUT2D eigenvalue weighted by atomic mass is 9.78. The normalized spacial score (nSPS) is 20.0. The maximum Gasteiger partial charge on any atom is 0.227 e. The Balaban J connectivity index is 1.30. The summed E-state index contributed by atoms with van der Waals surface area (Å²) in [5.74, 6) is 0.291. The summed E-state index contributed by atoms with van der Waals surface area (Å²) in [6.45, 7) is 5.22. The van der Waals surface area contributed by atoms with Crippen molar-refractivity contribution in [2.45, 2.75) is 32.2 Å². The first-order valence-corrected chi connectivity index (χ1v) is 9.78. The molecule has 2 aliphatic heterocycles. The SMILES string of the molecule is Cn1cccc1CN1CCC2(CC1)CCN(C(=O)Cc1ccccc1)C2. The summed E-state index contributed by atoms with van der Waals surface area (Å²) in [6.07, 6.45) is 6.26. The third kappa shape index (κ3) is 3.70. The predicted molar refractivity (Wildman–Crippen MR) is 104 cm³/mol. The summed E-state index contributed by atoms with van der Waals surface area (Å²) < 4.78 is 2.21. The van der Waals surface area contributed by atoms with Gasteiger partial charge in [-0.25, -0.2) is 0 Å². The first kappa shape index (κ1) is 17.3. The van der Waals surface area contributed by atoms with Gasteiger partial charge in [-0.2, -0.15) is 0 Å². The van der Waals surface area contributed by atoms with E-state index in [9.17, 15) is 4.79 Å². The number of amides is 1. The van der Waals surface area contributed by atoms with Crippen LogP contribution in [0.1, 0.15) is 30.5 Å². The second-order valence-electron chi connectivity index (χ2n) is 8.11. The molecule has 0 unspecified atom stereocenters. The number of likely N-dealkylation sites (tertiary alicyclic amines) is 2. The van der Waals surface area contributed by atoms with Gasteiger partial charge < -0.3 is 9.47 Å². The molecule has 138 valence electrons. The zero-order valence-corrected chi connectivity index (χ0v) is 15.7.